The van der Waals surface area contributed by atoms with Crippen LogP contribution >= 0.6 is 0 Å². The third-order valence-electron chi connectivity index (χ3n) is 5.36. The molecule has 21 heavy (non-hydrogen) atoms. The van der Waals surface area contributed by atoms with Gasteiger partial charge in [-0.3, -0.25) is 0 Å². The van der Waals surface area contributed by atoms with Gasteiger partial charge in [-0.05, 0) is 51.6 Å². The van der Waals surface area contributed by atoms with Crippen LogP contribution in [0.1, 0.15) is 59.3 Å². The molecular weight excluding hydrogens is 264 g/mol. The molecule has 1 amide bonds. The van der Waals surface area contributed by atoms with Crippen LogP contribution in [0.15, 0.2) is 0 Å². The van der Waals surface area contributed by atoms with Gasteiger partial charge in [-0.15, -0.1) is 0 Å². The molecule has 4 nitrogen and oxygen atoms in total. The summed E-state index contributed by atoms with van der Waals surface area (Å²) in [5, 5.41) is 0. The van der Waals surface area contributed by atoms with Crippen molar-refractivity contribution in [3.8, 4) is 0 Å². The molecule has 2 heterocycles. The second-order valence-electron chi connectivity index (χ2n) is 6.79. The minimum atomic E-state index is -0.111. The molecule has 1 unspecified atom stereocenters. The average Bonchev–Trinajstić information content (AvgIpc) is 2.55. The van der Waals surface area contributed by atoms with Crippen LogP contribution in [0.3, 0.4) is 0 Å². The number of rotatable bonds is 4. The topological polar surface area (TPSA) is 32.8 Å². The summed E-state index contributed by atoms with van der Waals surface area (Å²) in [5.41, 5.74) is 0. The van der Waals surface area contributed by atoms with Gasteiger partial charge < -0.3 is 14.5 Å². The molecule has 0 aromatic heterocycles. The van der Waals surface area contributed by atoms with Crippen LogP contribution in [-0.2, 0) is 4.74 Å². The number of likely N-dealkylation sites (tertiary alicyclic amines) is 2. The first kappa shape index (κ1) is 16.6. The Morgan fingerprint density at radius 3 is 2.29 bits per heavy atom. The highest BCUT2D eigenvalue weighted by Crippen LogP contribution is 2.22. The van der Waals surface area contributed by atoms with E-state index < -0.39 is 0 Å². The van der Waals surface area contributed by atoms with E-state index in [4.69, 9.17) is 4.74 Å². The van der Waals surface area contributed by atoms with E-state index >= 15 is 0 Å². The van der Waals surface area contributed by atoms with Gasteiger partial charge in [0, 0.05) is 19.1 Å². The lowest BCUT2D eigenvalue weighted by atomic mass is 10.0. The van der Waals surface area contributed by atoms with Gasteiger partial charge in [-0.25, -0.2) is 4.79 Å². The Hall–Kier alpha value is -0.770. The first-order chi connectivity index (χ1) is 10.1. The molecule has 0 saturated carbocycles. The molecule has 0 aromatic carbocycles. The van der Waals surface area contributed by atoms with Gasteiger partial charge in [0.1, 0.15) is 6.10 Å². The van der Waals surface area contributed by atoms with Crippen LogP contribution in [0.25, 0.3) is 0 Å². The molecule has 2 rings (SSSR count). The van der Waals surface area contributed by atoms with Gasteiger partial charge in [-0.2, -0.15) is 0 Å². The lowest BCUT2D eigenvalue weighted by molar-refractivity contribution is 0.0306. The summed E-state index contributed by atoms with van der Waals surface area (Å²) in [5.74, 6) is 0.430. The Morgan fingerprint density at radius 1 is 1.10 bits per heavy atom. The molecule has 0 aliphatic carbocycles. The summed E-state index contributed by atoms with van der Waals surface area (Å²) in [7, 11) is 0. The maximum atomic E-state index is 12.2. The quantitative estimate of drug-likeness (QED) is 0.796. The van der Waals surface area contributed by atoms with Crippen LogP contribution in [0.4, 0.5) is 4.79 Å². The minimum Gasteiger partial charge on any atom is -0.446 e. The van der Waals surface area contributed by atoms with Gasteiger partial charge in [0.15, 0.2) is 0 Å². The zero-order valence-corrected chi connectivity index (χ0v) is 14.0. The lowest BCUT2D eigenvalue weighted by Gasteiger charge is -2.40. The minimum absolute atomic E-state index is 0.0160. The SMILES string of the molecule is CC[C@@H](C)C(C)OC(=O)N1CCC(N2CCCCC2)CC1. The number of hydrogen-bond donors (Lipinski definition) is 0. The van der Waals surface area contributed by atoms with Gasteiger partial charge in [-0.1, -0.05) is 26.7 Å². The van der Waals surface area contributed by atoms with E-state index in [0.717, 1.165) is 32.4 Å². The monoisotopic (exact) mass is 296 g/mol. The van der Waals surface area contributed by atoms with Crippen molar-refractivity contribution in [2.45, 2.75) is 71.4 Å². The fourth-order valence-electron chi connectivity index (χ4n) is 3.38. The van der Waals surface area contributed by atoms with E-state index in [0.29, 0.717) is 12.0 Å². The molecule has 2 atom stereocenters. The van der Waals surface area contributed by atoms with Crippen LogP contribution in [0, 0.1) is 5.92 Å². The molecule has 2 aliphatic heterocycles. The van der Waals surface area contributed by atoms with E-state index in [1.54, 1.807) is 0 Å². The lowest BCUT2D eigenvalue weighted by Crippen LogP contribution is -2.48. The Balaban J connectivity index is 1.73. The fraction of sp³-hybridized carbons (Fsp3) is 0.941. The van der Waals surface area contributed by atoms with E-state index in [9.17, 15) is 4.79 Å². The Bertz CT molecular complexity index is 321. The van der Waals surface area contributed by atoms with Crippen molar-refractivity contribution >= 4 is 6.09 Å². The molecule has 0 N–H and O–H groups in total. The number of ether oxygens (including phenoxy) is 1. The van der Waals surface area contributed by atoms with E-state index in [2.05, 4.69) is 18.7 Å². The van der Waals surface area contributed by atoms with Crippen molar-refractivity contribution in [2.24, 2.45) is 5.92 Å². The Kier molecular flexibility index (Phi) is 6.34. The number of nitrogens with zero attached hydrogens (tertiary/aromatic N) is 2. The normalized spacial score (nSPS) is 24.6. The summed E-state index contributed by atoms with van der Waals surface area (Å²) in [6, 6.07) is 0.682. The van der Waals surface area contributed by atoms with E-state index in [1.807, 2.05) is 11.8 Å². The molecule has 0 aromatic rings. The summed E-state index contributed by atoms with van der Waals surface area (Å²) in [6.07, 6.45) is 7.23. The van der Waals surface area contributed by atoms with Crippen LogP contribution in [-0.4, -0.2) is 54.2 Å². The number of carbonyl (C=O) groups is 1. The summed E-state index contributed by atoms with van der Waals surface area (Å²) in [4.78, 5) is 16.7. The third-order valence-corrected chi connectivity index (χ3v) is 5.36. The summed E-state index contributed by atoms with van der Waals surface area (Å²) >= 11 is 0. The van der Waals surface area contributed by atoms with Crippen molar-refractivity contribution in [3.63, 3.8) is 0 Å². The maximum absolute atomic E-state index is 12.2. The number of hydrogen-bond acceptors (Lipinski definition) is 3. The maximum Gasteiger partial charge on any atom is 0.410 e. The van der Waals surface area contributed by atoms with Crippen LogP contribution in [0.2, 0.25) is 0 Å². The van der Waals surface area contributed by atoms with E-state index in [1.165, 1.54) is 32.4 Å². The van der Waals surface area contributed by atoms with Gasteiger partial charge >= 0.3 is 6.09 Å². The summed E-state index contributed by atoms with van der Waals surface area (Å²) < 4.78 is 5.60. The Labute approximate surface area is 129 Å². The van der Waals surface area contributed by atoms with Gasteiger partial charge in [0.05, 0.1) is 0 Å². The first-order valence-electron chi connectivity index (χ1n) is 8.81. The molecule has 0 bridgehead atoms. The fourth-order valence-corrected chi connectivity index (χ4v) is 3.38. The highest BCUT2D eigenvalue weighted by Gasteiger charge is 2.29. The highest BCUT2D eigenvalue weighted by atomic mass is 16.6. The van der Waals surface area contributed by atoms with Crippen molar-refractivity contribution in [2.75, 3.05) is 26.2 Å². The van der Waals surface area contributed by atoms with Gasteiger partial charge in [0.25, 0.3) is 0 Å². The largest absolute Gasteiger partial charge is 0.446 e. The second-order valence-corrected chi connectivity index (χ2v) is 6.79. The average molecular weight is 296 g/mol. The molecule has 0 spiro atoms. The van der Waals surface area contributed by atoms with Crippen molar-refractivity contribution < 1.29 is 9.53 Å². The molecular formula is C17H32N2O2. The Morgan fingerprint density at radius 2 is 1.71 bits per heavy atom. The molecule has 0 radical (unpaired) electrons. The zero-order valence-electron chi connectivity index (χ0n) is 14.0. The van der Waals surface area contributed by atoms with Crippen molar-refractivity contribution in [1.82, 2.24) is 9.80 Å². The molecule has 2 saturated heterocycles. The molecule has 122 valence electrons. The highest BCUT2D eigenvalue weighted by molar-refractivity contribution is 5.67. The smallest absolute Gasteiger partial charge is 0.410 e. The standard InChI is InChI=1S/C17H32N2O2/c1-4-14(2)15(3)21-17(20)19-12-8-16(9-13-19)18-10-6-5-7-11-18/h14-16H,4-13H2,1-3H3/t14-,15?/m1/s1. The predicted molar refractivity (Wildman–Crippen MR) is 85.4 cm³/mol. The second kappa shape index (κ2) is 8.02. The molecule has 2 fully saturated rings. The van der Waals surface area contributed by atoms with Crippen LogP contribution < -0.4 is 0 Å². The number of carbonyl (C=O) groups excluding carboxylic acids is 1. The predicted octanol–water partition coefficient (Wildman–Crippen LogP) is 3.51. The van der Waals surface area contributed by atoms with E-state index in [-0.39, 0.29) is 12.2 Å². The van der Waals surface area contributed by atoms with Crippen LogP contribution in [0.5, 0.6) is 0 Å². The first-order valence-corrected chi connectivity index (χ1v) is 8.81. The van der Waals surface area contributed by atoms with Gasteiger partial charge in [0.2, 0.25) is 0 Å². The van der Waals surface area contributed by atoms with Crippen molar-refractivity contribution in [3.05, 3.63) is 0 Å². The van der Waals surface area contributed by atoms with Crippen molar-refractivity contribution in [1.29, 1.82) is 0 Å². The third kappa shape index (κ3) is 4.60. The number of amides is 1. The molecule has 4 heteroatoms. The molecule has 2 aliphatic rings. The number of piperidine rings is 2. The summed E-state index contributed by atoms with van der Waals surface area (Å²) in [6.45, 7) is 10.5. The zero-order chi connectivity index (χ0) is 15.2.